The number of carbonyl (C=O) groups is 2. The summed E-state index contributed by atoms with van der Waals surface area (Å²) >= 11 is 0. The zero-order valence-corrected chi connectivity index (χ0v) is 17.3. The van der Waals surface area contributed by atoms with E-state index in [1.165, 1.54) is 19.1 Å². The molecule has 0 saturated carbocycles. The van der Waals surface area contributed by atoms with Gasteiger partial charge >= 0.3 is 12.0 Å². The molecule has 1 atom stereocenters. The SMILES string of the molecule is C[C@@H](NS(=O)(=O)c1cccc(-c2cccc(NC(=O)Nc3ccncc3)c2)c1)C(=O)O. The summed E-state index contributed by atoms with van der Waals surface area (Å²) < 4.78 is 27.1. The van der Waals surface area contributed by atoms with Gasteiger partial charge in [0.2, 0.25) is 10.0 Å². The molecule has 0 spiro atoms. The average molecular weight is 440 g/mol. The number of hydrogen-bond donors (Lipinski definition) is 4. The van der Waals surface area contributed by atoms with Crippen LogP contribution < -0.4 is 15.4 Å². The number of benzene rings is 2. The smallest absolute Gasteiger partial charge is 0.323 e. The number of nitrogens with one attached hydrogen (secondary N) is 3. The van der Waals surface area contributed by atoms with Crippen molar-refractivity contribution in [3.63, 3.8) is 0 Å². The highest BCUT2D eigenvalue weighted by atomic mass is 32.2. The Bertz CT molecular complexity index is 1200. The van der Waals surface area contributed by atoms with E-state index in [2.05, 4.69) is 20.3 Å². The van der Waals surface area contributed by atoms with E-state index in [1.807, 2.05) is 0 Å². The van der Waals surface area contributed by atoms with Gasteiger partial charge in [0, 0.05) is 23.8 Å². The van der Waals surface area contributed by atoms with E-state index in [9.17, 15) is 18.0 Å². The van der Waals surface area contributed by atoms with Gasteiger partial charge in [0.1, 0.15) is 6.04 Å². The molecule has 0 radical (unpaired) electrons. The highest BCUT2D eigenvalue weighted by Gasteiger charge is 2.21. The number of aromatic nitrogens is 1. The predicted molar refractivity (Wildman–Crippen MR) is 116 cm³/mol. The monoisotopic (exact) mass is 440 g/mol. The van der Waals surface area contributed by atoms with Gasteiger partial charge in [-0.25, -0.2) is 13.2 Å². The van der Waals surface area contributed by atoms with Crippen LogP contribution in [0.1, 0.15) is 6.92 Å². The summed E-state index contributed by atoms with van der Waals surface area (Å²) in [5.74, 6) is -1.27. The molecule has 1 aromatic heterocycles. The van der Waals surface area contributed by atoms with Gasteiger partial charge in [-0.1, -0.05) is 24.3 Å². The normalized spacial score (nSPS) is 12.0. The van der Waals surface area contributed by atoms with E-state index >= 15 is 0 Å². The van der Waals surface area contributed by atoms with Gasteiger partial charge in [0.25, 0.3) is 0 Å². The maximum atomic E-state index is 12.5. The minimum absolute atomic E-state index is 0.0631. The van der Waals surface area contributed by atoms with E-state index in [1.54, 1.807) is 60.9 Å². The molecule has 0 aliphatic carbocycles. The van der Waals surface area contributed by atoms with Crippen LogP contribution >= 0.6 is 0 Å². The summed E-state index contributed by atoms with van der Waals surface area (Å²) in [7, 11) is -4.01. The minimum Gasteiger partial charge on any atom is -0.480 e. The molecule has 160 valence electrons. The third-order valence-electron chi connectivity index (χ3n) is 4.24. The van der Waals surface area contributed by atoms with Crippen molar-refractivity contribution >= 4 is 33.4 Å². The van der Waals surface area contributed by atoms with Crippen LogP contribution in [0.25, 0.3) is 11.1 Å². The van der Waals surface area contributed by atoms with Crippen molar-refractivity contribution in [3.8, 4) is 11.1 Å². The number of amides is 2. The second-order valence-corrected chi connectivity index (χ2v) is 8.32. The van der Waals surface area contributed by atoms with Gasteiger partial charge in [-0.15, -0.1) is 0 Å². The lowest BCUT2D eigenvalue weighted by atomic mass is 10.1. The Morgan fingerprint density at radius 1 is 0.903 bits per heavy atom. The summed E-state index contributed by atoms with van der Waals surface area (Å²) in [5.41, 5.74) is 2.36. The zero-order chi connectivity index (χ0) is 22.4. The number of carboxylic acid groups (broad SMARTS) is 1. The van der Waals surface area contributed by atoms with Crippen LogP contribution in [0.4, 0.5) is 16.2 Å². The van der Waals surface area contributed by atoms with Crippen molar-refractivity contribution in [2.75, 3.05) is 10.6 Å². The number of nitrogens with zero attached hydrogens (tertiary/aromatic N) is 1. The molecule has 0 saturated heterocycles. The average Bonchev–Trinajstić information content (AvgIpc) is 2.74. The molecule has 1 heterocycles. The molecule has 9 nitrogen and oxygen atoms in total. The molecule has 0 aliphatic rings. The van der Waals surface area contributed by atoms with E-state index in [0.717, 1.165) is 0 Å². The summed E-state index contributed by atoms with van der Waals surface area (Å²) in [5, 5.41) is 14.3. The molecular formula is C21H20N4O5S. The van der Waals surface area contributed by atoms with Crippen molar-refractivity contribution in [3.05, 3.63) is 73.1 Å². The first-order chi connectivity index (χ1) is 14.7. The second kappa shape index (κ2) is 9.37. The zero-order valence-electron chi connectivity index (χ0n) is 16.4. The number of aliphatic carboxylic acids is 1. The van der Waals surface area contributed by atoms with E-state index in [-0.39, 0.29) is 4.90 Å². The van der Waals surface area contributed by atoms with E-state index < -0.39 is 28.1 Å². The number of rotatable bonds is 7. The maximum absolute atomic E-state index is 12.5. The fourth-order valence-electron chi connectivity index (χ4n) is 2.70. The van der Waals surface area contributed by atoms with Crippen LogP contribution in [0.3, 0.4) is 0 Å². The predicted octanol–water partition coefficient (Wildman–Crippen LogP) is 3.14. The first-order valence-corrected chi connectivity index (χ1v) is 10.7. The Labute approximate surface area is 179 Å². The standard InChI is InChI=1S/C21H20N4O5S/c1-14(20(26)27)25-31(29,30)19-7-3-5-16(13-19)15-4-2-6-18(12-15)24-21(28)23-17-8-10-22-11-9-17/h2-14,25H,1H3,(H,26,27)(H2,22,23,24,28)/t14-/m1/s1. The number of sulfonamides is 1. The number of anilines is 2. The number of pyridine rings is 1. The molecule has 2 aromatic carbocycles. The fourth-order valence-corrected chi connectivity index (χ4v) is 3.94. The van der Waals surface area contributed by atoms with Crippen molar-refractivity contribution in [2.24, 2.45) is 0 Å². The highest BCUT2D eigenvalue weighted by molar-refractivity contribution is 7.89. The third-order valence-corrected chi connectivity index (χ3v) is 5.78. The lowest BCUT2D eigenvalue weighted by Gasteiger charge is -2.12. The minimum atomic E-state index is -4.01. The van der Waals surface area contributed by atoms with Crippen LogP contribution in [-0.4, -0.2) is 36.6 Å². The Balaban J connectivity index is 1.79. The largest absolute Gasteiger partial charge is 0.480 e. The van der Waals surface area contributed by atoms with Crippen molar-refractivity contribution in [1.29, 1.82) is 0 Å². The first kappa shape index (κ1) is 21.9. The van der Waals surface area contributed by atoms with Crippen LogP contribution in [0, 0.1) is 0 Å². The Hall–Kier alpha value is -3.76. The van der Waals surface area contributed by atoms with Gasteiger partial charge in [0.05, 0.1) is 4.90 Å². The van der Waals surface area contributed by atoms with Gasteiger partial charge in [-0.2, -0.15) is 4.72 Å². The molecule has 0 bridgehead atoms. The molecule has 3 aromatic rings. The Morgan fingerprint density at radius 3 is 2.19 bits per heavy atom. The van der Waals surface area contributed by atoms with Crippen LogP contribution in [0.15, 0.2) is 78.0 Å². The first-order valence-electron chi connectivity index (χ1n) is 9.18. The molecular weight excluding hydrogens is 420 g/mol. The summed E-state index contributed by atoms with van der Waals surface area (Å²) in [6.07, 6.45) is 3.12. The third kappa shape index (κ3) is 5.87. The molecule has 3 rings (SSSR count). The van der Waals surface area contributed by atoms with Gasteiger partial charge in [-0.3, -0.25) is 9.78 Å². The molecule has 0 aliphatic heterocycles. The van der Waals surface area contributed by atoms with Crippen molar-refractivity contribution in [2.45, 2.75) is 17.9 Å². The number of carbonyl (C=O) groups excluding carboxylic acids is 1. The van der Waals surface area contributed by atoms with Crippen molar-refractivity contribution < 1.29 is 23.1 Å². The highest BCUT2D eigenvalue weighted by Crippen LogP contribution is 2.25. The molecule has 4 N–H and O–H groups in total. The van der Waals surface area contributed by atoms with Gasteiger partial charge in [-0.05, 0) is 54.4 Å². The number of carboxylic acids is 1. The number of hydrogen-bond acceptors (Lipinski definition) is 5. The lowest BCUT2D eigenvalue weighted by Crippen LogP contribution is -2.38. The summed E-state index contributed by atoms with van der Waals surface area (Å²) in [6.45, 7) is 1.25. The Morgan fingerprint density at radius 2 is 1.52 bits per heavy atom. The van der Waals surface area contributed by atoms with Crippen molar-refractivity contribution in [1.82, 2.24) is 9.71 Å². The van der Waals surface area contributed by atoms with Crippen LogP contribution in [0.5, 0.6) is 0 Å². The number of urea groups is 1. The van der Waals surface area contributed by atoms with E-state index in [0.29, 0.717) is 22.5 Å². The molecule has 31 heavy (non-hydrogen) atoms. The molecule has 2 amide bonds. The maximum Gasteiger partial charge on any atom is 0.323 e. The molecule has 10 heteroatoms. The topological polar surface area (TPSA) is 137 Å². The quantitative estimate of drug-likeness (QED) is 0.445. The molecule has 0 unspecified atom stereocenters. The fraction of sp³-hybridized carbons (Fsp3) is 0.0952. The van der Waals surface area contributed by atoms with E-state index in [4.69, 9.17) is 5.11 Å². The van der Waals surface area contributed by atoms with Crippen LogP contribution in [0.2, 0.25) is 0 Å². The summed E-state index contributed by atoms with van der Waals surface area (Å²) in [4.78, 5) is 27.0. The summed E-state index contributed by atoms with van der Waals surface area (Å²) in [6, 6.07) is 14.6. The molecule has 0 fully saturated rings. The van der Waals surface area contributed by atoms with Gasteiger partial charge < -0.3 is 15.7 Å². The lowest BCUT2D eigenvalue weighted by molar-refractivity contribution is -0.138. The van der Waals surface area contributed by atoms with Crippen LogP contribution in [-0.2, 0) is 14.8 Å². The second-order valence-electron chi connectivity index (χ2n) is 6.60. The van der Waals surface area contributed by atoms with Gasteiger partial charge in [0.15, 0.2) is 0 Å². The Kier molecular flexibility index (Phi) is 6.63.